The van der Waals surface area contributed by atoms with Gasteiger partial charge in [-0.15, -0.1) is 11.3 Å². The van der Waals surface area contributed by atoms with Gasteiger partial charge < -0.3 is 4.42 Å². The molecule has 3 heterocycles. The minimum Gasteiger partial charge on any atom is -0.455 e. The van der Waals surface area contributed by atoms with Gasteiger partial charge in [0.15, 0.2) is 17.5 Å². The first-order valence-corrected chi connectivity index (χ1v) is 21.6. The quantitative estimate of drug-likeness (QED) is 0.161. The number of rotatable bonds is 7. The molecule has 0 radical (unpaired) electrons. The highest BCUT2D eigenvalue weighted by molar-refractivity contribution is 7.26. The highest BCUT2D eigenvalue weighted by Crippen LogP contribution is 2.46. The average Bonchev–Trinajstić information content (AvgIpc) is 3.94. The van der Waals surface area contributed by atoms with Gasteiger partial charge in [0.25, 0.3) is 0 Å². The molecule has 0 fully saturated rings. The number of nitrogens with zero attached hydrogens (tertiary/aromatic N) is 3. The SMILES string of the molecule is c1ccc(-c2cc(-c3ccccc3)cc(-c3nc(-c4ccccc4)nc(-c4ccc(-c5ccc(-c6cccc7c6sc6ccccc67)c6c5oc5ccccc56)cc4)n3)c2)cc1. The fourth-order valence-electron chi connectivity index (χ4n) is 8.74. The Morgan fingerprint density at radius 2 is 0.823 bits per heavy atom. The van der Waals surface area contributed by atoms with Crippen LogP contribution < -0.4 is 0 Å². The molecule has 290 valence electrons. The summed E-state index contributed by atoms with van der Waals surface area (Å²) in [6.45, 7) is 0. The van der Waals surface area contributed by atoms with E-state index in [2.05, 4.69) is 164 Å². The zero-order chi connectivity index (χ0) is 41.0. The summed E-state index contributed by atoms with van der Waals surface area (Å²) in [4.78, 5) is 15.4. The standard InChI is InChI=1S/C57H35N3OS/c1-4-15-36(16-5-1)41-33-42(37-17-6-2-7-18-37)35-43(34-41)57-59-55(39-19-8-3-9-20-39)58-56(60-57)40-29-27-38(28-30-40)44-31-32-46(52-49-22-10-12-25-50(49)61-53(44)52)48-24-14-23-47-45-21-11-13-26-51(45)62-54(47)48/h1-35H. The molecule has 9 aromatic carbocycles. The van der Waals surface area contributed by atoms with Gasteiger partial charge in [-0.1, -0.05) is 176 Å². The lowest BCUT2D eigenvalue weighted by Crippen LogP contribution is -2.00. The van der Waals surface area contributed by atoms with E-state index in [-0.39, 0.29) is 0 Å². The largest absolute Gasteiger partial charge is 0.455 e. The molecule has 5 heteroatoms. The van der Waals surface area contributed by atoms with Crippen LogP contribution in [0.3, 0.4) is 0 Å². The summed E-state index contributed by atoms with van der Waals surface area (Å²) < 4.78 is 9.34. The molecule has 12 rings (SSSR count). The molecule has 0 aliphatic heterocycles. The van der Waals surface area contributed by atoms with E-state index < -0.39 is 0 Å². The summed E-state index contributed by atoms with van der Waals surface area (Å²) >= 11 is 1.85. The number of thiophene rings is 1. The number of fused-ring (bicyclic) bond motifs is 6. The molecule has 0 spiro atoms. The maximum Gasteiger partial charge on any atom is 0.164 e. The highest BCUT2D eigenvalue weighted by atomic mass is 32.1. The van der Waals surface area contributed by atoms with Crippen molar-refractivity contribution < 1.29 is 4.42 Å². The van der Waals surface area contributed by atoms with E-state index in [1.54, 1.807) is 0 Å². The van der Waals surface area contributed by atoms with Gasteiger partial charge in [-0.2, -0.15) is 0 Å². The van der Waals surface area contributed by atoms with Crippen LogP contribution in [0.2, 0.25) is 0 Å². The molecule has 4 nitrogen and oxygen atoms in total. The zero-order valence-electron chi connectivity index (χ0n) is 33.4. The fourth-order valence-corrected chi connectivity index (χ4v) is 9.97. The normalized spacial score (nSPS) is 11.5. The summed E-state index contributed by atoms with van der Waals surface area (Å²) in [5, 5.41) is 4.79. The van der Waals surface area contributed by atoms with Crippen molar-refractivity contribution >= 4 is 53.4 Å². The predicted molar refractivity (Wildman–Crippen MR) is 258 cm³/mol. The van der Waals surface area contributed by atoms with Crippen LogP contribution in [0.15, 0.2) is 217 Å². The second kappa shape index (κ2) is 14.9. The fraction of sp³-hybridized carbons (Fsp3) is 0. The summed E-state index contributed by atoms with van der Waals surface area (Å²) in [5.41, 5.74) is 13.4. The Morgan fingerprint density at radius 3 is 1.50 bits per heavy atom. The molecule has 0 atom stereocenters. The molecule has 0 unspecified atom stereocenters. The van der Waals surface area contributed by atoms with Gasteiger partial charge >= 0.3 is 0 Å². The maximum atomic E-state index is 6.77. The van der Waals surface area contributed by atoms with E-state index in [9.17, 15) is 0 Å². The topological polar surface area (TPSA) is 51.8 Å². The van der Waals surface area contributed by atoms with E-state index in [0.29, 0.717) is 17.5 Å². The first-order valence-electron chi connectivity index (χ1n) is 20.8. The van der Waals surface area contributed by atoms with Crippen LogP contribution in [-0.4, -0.2) is 15.0 Å². The third-order valence-electron chi connectivity index (χ3n) is 11.7. The second-order valence-electron chi connectivity index (χ2n) is 15.5. The highest BCUT2D eigenvalue weighted by Gasteiger charge is 2.21. The van der Waals surface area contributed by atoms with Gasteiger partial charge in [0, 0.05) is 58.8 Å². The van der Waals surface area contributed by atoms with Gasteiger partial charge in [0.1, 0.15) is 11.2 Å². The predicted octanol–water partition coefficient (Wildman–Crippen LogP) is 15.8. The molecule has 0 saturated heterocycles. The van der Waals surface area contributed by atoms with Crippen molar-refractivity contribution in [2.75, 3.05) is 0 Å². The molecule has 0 bridgehead atoms. The Bertz CT molecular complexity index is 3560. The number of aromatic nitrogens is 3. The summed E-state index contributed by atoms with van der Waals surface area (Å²) in [6, 6.07) is 74.4. The Balaban J connectivity index is 0.991. The summed E-state index contributed by atoms with van der Waals surface area (Å²) in [7, 11) is 0. The minimum atomic E-state index is 0.604. The average molecular weight is 810 g/mol. The van der Waals surface area contributed by atoms with Gasteiger partial charge in [-0.3, -0.25) is 0 Å². The number of hydrogen-bond donors (Lipinski definition) is 0. The van der Waals surface area contributed by atoms with Crippen LogP contribution in [0.25, 0.3) is 121 Å². The Kier molecular flexibility index (Phi) is 8.65. The third-order valence-corrected chi connectivity index (χ3v) is 13.0. The molecule has 62 heavy (non-hydrogen) atoms. The van der Waals surface area contributed by atoms with Crippen molar-refractivity contribution in [2.24, 2.45) is 0 Å². The molecular weight excluding hydrogens is 775 g/mol. The second-order valence-corrected chi connectivity index (χ2v) is 16.6. The first-order chi connectivity index (χ1) is 30.7. The Morgan fingerprint density at radius 1 is 0.323 bits per heavy atom. The van der Waals surface area contributed by atoms with Crippen molar-refractivity contribution in [3.8, 4) is 78.7 Å². The molecular formula is C57H35N3OS. The van der Waals surface area contributed by atoms with Crippen LogP contribution in [0.5, 0.6) is 0 Å². The van der Waals surface area contributed by atoms with Gasteiger partial charge in [-0.25, -0.2) is 15.0 Å². The van der Waals surface area contributed by atoms with Crippen LogP contribution in [-0.2, 0) is 0 Å². The number of para-hydroxylation sites is 1. The van der Waals surface area contributed by atoms with Crippen LogP contribution in [0, 0.1) is 0 Å². The van der Waals surface area contributed by atoms with E-state index in [1.807, 2.05) is 59.9 Å². The van der Waals surface area contributed by atoms with E-state index in [1.165, 1.54) is 31.3 Å². The van der Waals surface area contributed by atoms with Crippen molar-refractivity contribution in [3.05, 3.63) is 212 Å². The zero-order valence-corrected chi connectivity index (χ0v) is 34.2. The van der Waals surface area contributed by atoms with Crippen molar-refractivity contribution in [1.29, 1.82) is 0 Å². The molecule has 0 N–H and O–H groups in total. The monoisotopic (exact) mass is 809 g/mol. The van der Waals surface area contributed by atoms with E-state index >= 15 is 0 Å². The minimum absolute atomic E-state index is 0.604. The summed E-state index contributed by atoms with van der Waals surface area (Å²) in [6.07, 6.45) is 0. The van der Waals surface area contributed by atoms with E-state index in [0.717, 1.165) is 72.0 Å². The lowest BCUT2D eigenvalue weighted by molar-refractivity contribution is 0.670. The Hall–Kier alpha value is -7.99. The van der Waals surface area contributed by atoms with Crippen molar-refractivity contribution in [2.45, 2.75) is 0 Å². The molecule has 0 aliphatic rings. The molecule has 0 aliphatic carbocycles. The molecule has 3 aromatic heterocycles. The third kappa shape index (κ3) is 6.26. The molecule has 0 amide bonds. The first kappa shape index (κ1) is 35.9. The molecule has 0 saturated carbocycles. The lowest BCUT2D eigenvalue weighted by Gasteiger charge is -2.13. The van der Waals surface area contributed by atoms with Crippen molar-refractivity contribution in [1.82, 2.24) is 15.0 Å². The van der Waals surface area contributed by atoms with Crippen LogP contribution in [0.1, 0.15) is 0 Å². The number of furan rings is 1. The number of hydrogen-bond acceptors (Lipinski definition) is 5. The van der Waals surface area contributed by atoms with Crippen LogP contribution >= 0.6 is 11.3 Å². The van der Waals surface area contributed by atoms with Crippen molar-refractivity contribution in [3.63, 3.8) is 0 Å². The van der Waals surface area contributed by atoms with Gasteiger partial charge in [-0.05, 0) is 69.8 Å². The Labute approximate surface area is 362 Å². The number of benzene rings is 9. The summed E-state index contributed by atoms with van der Waals surface area (Å²) in [5.74, 6) is 1.84. The van der Waals surface area contributed by atoms with Gasteiger partial charge in [0.05, 0.1) is 0 Å². The van der Waals surface area contributed by atoms with Crippen LogP contribution in [0.4, 0.5) is 0 Å². The van der Waals surface area contributed by atoms with Gasteiger partial charge in [0.2, 0.25) is 0 Å². The molecule has 12 aromatic rings. The van der Waals surface area contributed by atoms with E-state index in [4.69, 9.17) is 19.4 Å². The smallest absolute Gasteiger partial charge is 0.164 e. The maximum absolute atomic E-state index is 6.77. The lowest BCUT2D eigenvalue weighted by atomic mass is 9.93.